The average Bonchev–Trinajstić information content (AvgIpc) is 2.84. The van der Waals surface area contributed by atoms with Crippen molar-refractivity contribution in [2.45, 2.75) is 12.5 Å². The first-order valence-corrected chi connectivity index (χ1v) is 11.1. The molecule has 0 aliphatic rings. The van der Waals surface area contributed by atoms with E-state index in [1.807, 2.05) is 36.4 Å². The minimum Gasteiger partial charge on any atom is -0.483 e. The maximum atomic E-state index is 12.6. The normalized spacial score (nSPS) is 11.6. The molecule has 0 bridgehead atoms. The Morgan fingerprint density at radius 2 is 1.68 bits per heavy atom. The minimum absolute atomic E-state index is 0.00349. The van der Waals surface area contributed by atoms with Crippen LogP contribution in [0.1, 0.15) is 33.9 Å². The van der Waals surface area contributed by atoms with Gasteiger partial charge in [-0.1, -0.05) is 48.5 Å². The Kier molecular flexibility index (Phi) is 8.93. The molecule has 0 heterocycles. The Bertz CT molecular complexity index is 1170. The van der Waals surface area contributed by atoms with E-state index in [-0.39, 0.29) is 24.8 Å². The number of halogens is 1. The second-order valence-electron chi connectivity index (χ2n) is 7.24. The summed E-state index contributed by atoms with van der Waals surface area (Å²) in [5, 5.41) is 6.92. The molecule has 0 aliphatic carbocycles. The summed E-state index contributed by atoms with van der Waals surface area (Å²) >= 11 is 3.35. The van der Waals surface area contributed by atoms with Gasteiger partial charge in [-0.2, -0.15) is 5.10 Å². The lowest BCUT2D eigenvalue weighted by Gasteiger charge is -2.18. The van der Waals surface area contributed by atoms with Crippen LogP contribution in [0.5, 0.6) is 5.75 Å². The van der Waals surface area contributed by atoms with Crippen LogP contribution in [-0.4, -0.2) is 30.5 Å². The van der Waals surface area contributed by atoms with Gasteiger partial charge in [0.05, 0.1) is 23.1 Å². The first-order chi connectivity index (χ1) is 16.4. The topological polar surface area (TPSA) is 123 Å². The quantitative estimate of drug-likeness (QED) is 0.279. The van der Waals surface area contributed by atoms with Crippen LogP contribution in [0.25, 0.3) is 0 Å². The van der Waals surface area contributed by atoms with E-state index in [4.69, 9.17) is 10.5 Å². The Balaban J connectivity index is 1.62. The molecule has 174 valence electrons. The molecular weight excluding hydrogens is 500 g/mol. The van der Waals surface area contributed by atoms with Crippen LogP contribution in [0.4, 0.5) is 0 Å². The van der Waals surface area contributed by atoms with E-state index in [0.29, 0.717) is 21.3 Å². The zero-order chi connectivity index (χ0) is 24.3. The fourth-order valence-corrected chi connectivity index (χ4v) is 3.55. The van der Waals surface area contributed by atoms with Crippen LogP contribution >= 0.6 is 15.9 Å². The molecule has 8 nitrogen and oxygen atoms in total. The number of primary amides is 1. The number of carbonyl (C=O) groups is 3. The number of hydrazone groups is 1. The monoisotopic (exact) mass is 522 g/mol. The van der Waals surface area contributed by atoms with Gasteiger partial charge in [-0.05, 0) is 57.4 Å². The average molecular weight is 523 g/mol. The smallest absolute Gasteiger partial charge is 0.255 e. The van der Waals surface area contributed by atoms with Gasteiger partial charge in [-0.15, -0.1) is 0 Å². The standard InChI is InChI=1S/C25H23BrN4O4/c26-20-13-17(11-12-22(20)34-16-23(27)31)15-28-30-24(32)14-21(18-7-3-1-4-8-18)29-25(33)19-9-5-2-6-10-19/h1-13,15,21H,14,16H2,(H2,27,31)(H,29,33)(H,30,32)/b28-15-/t21-/m0/s1. The number of benzene rings is 3. The summed E-state index contributed by atoms with van der Waals surface area (Å²) < 4.78 is 5.88. The van der Waals surface area contributed by atoms with Gasteiger partial charge in [0.15, 0.2) is 6.61 Å². The number of nitrogens with one attached hydrogen (secondary N) is 2. The van der Waals surface area contributed by atoms with Gasteiger partial charge in [0.1, 0.15) is 5.75 Å². The predicted octanol–water partition coefficient (Wildman–Crippen LogP) is 3.32. The van der Waals surface area contributed by atoms with E-state index < -0.39 is 11.9 Å². The number of nitrogens with zero attached hydrogens (tertiary/aromatic N) is 1. The van der Waals surface area contributed by atoms with Crippen molar-refractivity contribution in [1.82, 2.24) is 10.7 Å². The first kappa shape index (κ1) is 24.7. The van der Waals surface area contributed by atoms with Crippen LogP contribution in [0.2, 0.25) is 0 Å². The van der Waals surface area contributed by atoms with Crippen LogP contribution in [-0.2, 0) is 9.59 Å². The highest BCUT2D eigenvalue weighted by Crippen LogP contribution is 2.25. The lowest BCUT2D eigenvalue weighted by atomic mass is 10.0. The Morgan fingerprint density at radius 3 is 2.32 bits per heavy atom. The molecule has 0 radical (unpaired) electrons. The van der Waals surface area contributed by atoms with Crippen LogP contribution in [0.3, 0.4) is 0 Å². The Morgan fingerprint density at radius 1 is 1.00 bits per heavy atom. The highest BCUT2D eigenvalue weighted by molar-refractivity contribution is 9.10. The number of hydrogen-bond acceptors (Lipinski definition) is 5. The number of rotatable bonds is 10. The van der Waals surface area contributed by atoms with Gasteiger partial charge in [0.2, 0.25) is 5.91 Å². The molecule has 0 fully saturated rings. The van der Waals surface area contributed by atoms with Crippen molar-refractivity contribution in [1.29, 1.82) is 0 Å². The molecule has 3 aromatic carbocycles. The molecule has 0 aliphatic heterocycles. The van der Waals surface area contributed by atoms with E-state index in [1.54, 1.807) is 42.5 Å². The fourth-order valence-electron chi connectivity index (χ4n) is 3.04. The Hall–Kier alpha value is -3.98. The minimum atomic E-state index is -0.575. The van der Waals surface area contributed by atoms with Crippen LogP contribution < -0.4 is 21.2 Å². The molecule has 3 rings (SSSR count). The number of carbonyl (C=O) groups excluding carboxylic acids is 3. The second-order valence-corrected chi connectivity index (χ2v) is 8.10. The number of ether oxygens (including phenoxy) is 1. The summed E-state index contributed by atoms with van der Waals surface area (Å²) in [6.45, 7) is -0.231. The van der Waals surface area contributed by atoms with Gasteiger partial charge in [0.25, 0.3) is 11.8 Å². The molecule has 0 spiro atoms. The van der Waals surface area contributed by atoms with Crippen molar-refractivity contribution in [3.63, 3.8) is 0 Å². The molecule has 4 N–H and O–H groups in total. The lowest BCUT2D eigenvalue weighted by Crippen LogP contribution is -2.32. The summed E-state index contributed by atoms with van der Waals surface area (Å²) in [4.78, 5) is 36.0. The van der Waals surface area contributed by atoms with Gasteiger partial charge in [-0.25, -0.2) is 5.43 Å². The zero-order valence-corrected chi connectivity index (χ0v) is 19.7. The molecule has 34 heavy (non-hydrogen) atoms. The summed E-state index contributed by atoms with van der Waals surface area (Å²) in [5.74, 6) is -0.748. The van der Waals surface area contributed by atoms with E-state index in [1.165, 1.54) is 6.21 Å². The number of nitrogens with two attached hydrogens (primary N) is 1. The van der Waals surface area contributed by atoms with Crippen molar-refractivity contribution in [3.8, 4) is 5.75 Å². The van der Waals surface area contributed by atoms with Crippen molar-refractivity contribution < 1.29 is 19.1 Å². The molecule has 3 amide bonds. The lowest BCUT2D eigenvalue weighted by molar-refractivity contribution is -0.121. The largest absolute Gasteiger partial charge is 0.483 e. The highest BCUT2D eigenvalue weighted by Gasteiger charge is 2.19. The highest BCUT2D eigenvalue weighted by atomic mass is 79.9. The van der Waals surface area contributed by atoms with Crippen molar-refractivity contribution in [2.24, 2.45) is 10.8 Å². The van der Waals surface area contributed by atoms with E-state index in [0.717, 1.165) is 5.56 Å². The molecule has 1 atom stereocenters. The molecule has 0 saturated heterocycles. The fraction of sp³-hybridized carbons (Fsp3) is 0.120. The van der Waals surface area contributed by atoms with Crippen LogP contribution in [0.15, 0.2) is 88.4 Å². The summed E-state index contributed by atoms with van der Waals surface area (Å²) in [7, 11) is 0. The third-order valence-corrected chi connectivity index (χ3v) is 5.28. The van der Waals surface area contributed by atoms with Crippen molar-refractivity contribution in [3.05, 3.63) is 100 Å². The van der Waals surface area contributed by atoms with Crippen molar-refractivity contribution >= 4 is 39.9 Å². The number of hydrogen-bond donors (Lipinski definition) is 3. The molecule has 0 unspecified atom stereocenters. The molecule has 3 aromatic rings. The van der Waals surface area contributed by atoms with E-state index >= 15 is 0 Å². The maximum absolute atomic E-state index is 12.6. The molecular formula is C25H23BrN4O4. The van der Waals surface area contributed by atoms with Crippen LogP contribution in [0, 0.1) is 0 Å². The predicted molar refractivity (Wildman–Crippen MR) is 132 cm³/mol. The summed E-state index contributed by atoms with van der Waals surface area (Å²) in [6.07, 6.45) is 1.48. The summed E-state index contributed by atoms with van der Waals surface area (Å²) in [5.41, 5.74) is 9.58. The SMILES string of the molecule is NC(=O)COc1ccc(/C=N\NC(=O)C[C@H](NC(=O)c2ccccc2)c2ccccc2)cc1Br. The first-order valence-electron chi connectivity index (χ1n) is 10.4. The molecule has 0 saturated carbocycles. The number of amides is 3. The molecule has 0 aromatic heterocycles. The van der Waals surface area contributed by atoms with Gasteiger partial charge in [0, 0.05) is 5.56 Å². The third-order valence-electron chi connectivity index (χ3n) is 4.66. The zero-order valence-electron chi connectivity index (χ0n) is 18.1. The third kappa shape index (κ3) is 7.56. The Labute approximate surface area is 205 Å². The van der Waals surface area contributed by atoms with Gasteiger partial charge in [-0.3, -0.25) is 14.4 Å². The summed E-state index contributed by atoms with van der Waals surface area (Å²) in [6, 6.07) is 22.6. The second kappa shape index (κ2) is 12.3. The molecule has 9 heteroatoms. The van der Waals surface area contributed by atoms with Gasteiger partial charge >= 0.3 is 0 Å². The van der Waals surface area contributed by atoms with Gasteiger partial charge < -0.3 is 15.8 Å². The van der Waals surface area contributed by atoms with Crippen molar-refractivity contribution in [2.75, 3.05) is 6.61 Å². The van der Waals surface area contributed by atoms with E-state index in [9.17, 15) is 14.4 Å². The van der Waals surface area contributed by atoms with E-state index in [2.05, 4.69) is 31.8 Å². The maximum Gasteiger partial charge on any atom is 0.255 e.